The molecule has 94 valence electrons. The molecule has 1 aromatic carbocycles. The number of hydrogen-bond donors (Lipinski definition) is 1. The van der Waals surface area contributed by atoms with Gasteiger partial charge in [0.05, 0.1) is 11.9 Å². The number of esters is 1. The third kappa shape index (κ3) is 2.34. The first-order chi connectivity index (χ1) is 8.59. The maximum absolute atomic E-state index is 12.1. The summed E-state index contributed by atoms with van der Waals surface area (Å²) in [4.78, 5) is 12.1. The lowest BCUT2D eigenvalue weighted by molar-refractivity contribution is 0.0720. The fourth-order valence-electron chi connectivity index (χ4n) is 1.62. The van der Waals surface area contributed by atoms with Crippen LogP contribution < -0.4 is 10.5 Å². The molecule has 1 heterocycles. The molecule has 5 nitrogen and oxygen atoms in total. The van der Waals surface area contributed by atoms with Crippen LogP contribution in [0, 0.1) is 0 Å². The Morgan fingerprint density at radius 2 is 2.00 bits per heavy atom. The number of para-hydroxylation sites is 1. The minimum Gasteiger partial charge on any atom is -0.422 e. The average molecular weight is 245 g/mol. The van der Waals surface area contributed by atoms with Gasteiger partial charge in [-0.25, -0.2) is 4.79 Å². The summed E-state index contributed by atoms with van der Waals surface area (Å²) in [5.74, 6) is -0.0108. The molecule has 0 spiro atoms. The summed E-state index contributed by atoms with van der Waals surface area (Å²) < 4.78 is 6.81. The number of benzene rings is 1. The number of carbonyl (C=O) groups is 1. The molecule has 0 radical (unpaired) electrons. The fraction of sp³-hybridized carbons (Fsp3) is 0.231. The fourth-order valence-corrected chi connectivity index (χ4v) is 1.62. The highest BCUT2D eigenvalue weighted by atomic mass is 16.5. The molecule has 1 aromatic heterocycles. The van der Waals surface area contributed by atoms with E-state index in [2.05, 4.69) is 5.10 Å². The molecule has 0 aliphatic heterocycles. The predicted molar refractivity (Wildman–Crippen MR) is 68.4 cm³/mol. The van der Waals surface area contributed by atoms with E-state index in [1.54, 1.807) is 28.9 Å². The van der Waals surface area contributed by atoms with Crippen molar-refractivity contribution in [2.24, 2.45) is 0 Å². The van der Waals surface area contributed by atoms with Crippen LogP contribution in [0.4, 0.5) is 5.69 Å². The summed E-state index contributed by atoms with van der Waals surface area (Å²) in [6.07, 6.45) is 1.46. The van der Waals surface area contributed by atoms with Crippen LogP contribution in [0.15, 0.2) is 36.5 Å². The lowest BCUT2D eigenvalue weighted by Gasteiger charge is -2.10. The van der Waals surface area contributed by atoms with Crippen molar-refractivity contribution in [1.29, 1.82) is 0 Å². The first kappa shape index (κ1) is 12.2. The number of nitrogens with two attached hydrogens (primary N) is 1. The number of ether oxygens (including phenoxy) is 1. The molecule has 0 fully saturated rings. The van der Waals surface area contributed by atoms with Crippen LogP contribution in [0.25, 0.3) is 0 Å². The van der Waals surface area contributed by atoms with Gasteiger partial charge >= 0.3 is 5.97 Å². The van der Waals surface area contributed by atoms with Crippen molar-refractivity contribution < 1.29 is 9.53 Å². The second-order valence-corrected chi connectivity index (χ2v) is 4.19. The van der Waals surface area contributed by atoms with E-state index in [-0.39, 0.29) is 11.7 Å². The van der Waals surface area contributed by atoms with E-state index in [9.17, 15) is 4.79 Å². The third-order valence-corrected chi connectivity index (χ3v) is 2.46. The summed E-state index contributed by atoms with van der Waals surface area (Å²) in [6, 6.07) is 8.91. The van der Waals surface area contributed by atoms with E-state index >= 15 is 0 Å². The normalized spacial score (nSPS) is 10.6. The Bertz CT molecular complexity index is 547. The van der Waals surface area contributed by atoms with Crippen molar-refractivity contribution in [2.75, 3.05) is 5.73 Å². The SMILES string of the molecule is CC(C)n1ncc(N)c1C(=O)Oc1ccccc1. The smallest absolute Gasteiger partial charge is 0.364 e. The molecule has 0 saturated carbocycles. The Balaban J connectivity index is 2.27. The molecule has 2 rings (SSSR count). The minimum atomic E-state index is -0.495. The molecule has 2 N–H and O–H groups in total. The molecule has 0 atom stereocenters. The Kier molecular flexibility index (Phi) is 3.32. The van der Waals surface area contributed by atoms with Crippen LogP contribution in [0.3, 0.4) is 0 Å². The quantitative estimate of drug-likeness (QED) is 0.665. The van der Waals surface area contributed by atoms with E-state index in [0.717, 1.165) is 0 Å². The zero-order chi connectivity index (χ0) is 13.1. The highest BCUT2D eigenvalue weighted by Gasteiger charge is 2.20. The largest absolute Gasteiger partial charge is 0.422 e. The van der Waals surface area contributed by atoms with E-state index < -0.39 is 5.97 Å². The molecule has 5 heteroatoms. The van der Waals surface area contributed by atoms with Crippen LogP contribution in [0.2, 0.25) is 0 Å². The van der Waals surface area contributed by atoms with Crippen molar-refractivity contribution in [1.82, 2.24) is 9.78 Å². The maximum Gasteiger partial charge on any atom is 0.364 e. The van der Waals surface area contributed by atoms with Gasteiger partial charge in [-0.15, -0.1) is 0 Å². The average Bonchev–Trinajstić information content (AvgIpc) is 2.72. The third-order valence-electron chi connectivity index (χ3n) is 2.46. The van der Waals surface area contributed by atoms with Crippen LogP contribution in [0.5, 0.6) is 5.75 Å². The Morgan fingerprint density at radius 3 is 2.61 bits per heavy atom. The molecule has 0 aliphatic carbocycles. The summed E-state index contributed by atoms with van der Waals surface area (Å²) in [6.45, 7) is 3.84. The van der Waals surface area contributed by atoms with Crippen LogP contribution >= 0.6 is 0 Å². The van der Waals surface area contributed by atoms with Crippen molar-refractivity contribution in [3.8, 4) is 5.75 Å². The topological polar surface area (TPSA) is 70.1 Å². The first-order valence-corrected chi connectivity index (χ1v) is 5.70. The van der Waals surface area contributed by atoms with E-state index in [1.807, 2.05) is 19.9 Å². The van der Waals surface area contributed by atoms with Crippen molar-refractivity contribution >= 4 is 11.7 Å². The van der Waals surface area contributed by atoms with Crippen molar-refractivity contribution in [3.63, 3.8) is 0 Å². The van der Waals surface area contributed by atoms with Gasteiger partial charge in [0, 0.05) is 6.04 Å². The zero-order valence-corrected chi connectivity index (χ0v) is 10.3. The lowest BCUT2D eigenvalue weighted by Crippen LogP contribution is -2.18. The highest BCUT2D eigenvalue weighted by molar-refractivity contribution is 5.94. The number of carbonyl (C=O) groups excluding carboxylic acids is 1. The van der Waals surface area contributed by atoms with Crippen molar-refractivity contribution in [3.05, 3.63) is 42.2 Å². The van der Waals surface area contributed by atoms with E-state index in [1.165, 1.54) is 6.20 Å². The van der Waals surface area contributed by atoms with Gasteiger partial charge < -0.3 is 10.5 Å². The van der Waals surface area contributed by atoms with Gasteiger partial charge in [-0.2, -0.15) is 5.10 Å². The molecule has 0 saturated heterocycles. The number of anilines is 1. The molecule has 18 heavy (non-hydrogen) atoms. The number of nitrogens with zero attached hydrogens (tertiary/aromatic N) is 2. The Labute approximate surface area is 105 Å². The molecular formula is C13H15N3O2. The van der Waals surface area contributed by atoms with Gasteiger partial charge in [0.25, 0.3) is 0 Å². The highest BCUT2D eigenvalue weighted by Crippen LogP contribution is 2.18. The number of rotatable bonds is 3. The first-order valence-electron chi connectivity index (χ1n) is 5.70. The molecule has 0 unspecified atom stereocenters. The van der Waals surface area contributed by atoms with Gasteiger partial charge in [-0.1, -0.05) is 18.2 Å². The molecule has 0 bridgehead atoms. The Hall–Kier alpha value is -2.30. The van der Waals surface area contributed by atoms with Crippen LogP contribution in [-0.4, -0.2) is 15.7 Å². The van der Waals surface area contributed by atoms with Gasteiger partial charge in [0.2, 0.25) is 0 Å². The number of nitrogen functional groups attached to an aromatic ring is 1. The summed E-state index contributed by atoms with van der Waals surface area (Å²) >= 11 is 0. The summed E-state index contributed by atoms with van der Waals surface area (Å²) in [7, 11) is 0. The second-order valence-electron chi connectivity index (χ2n) is 4.19. The van der Waals surface area contributed by atoms with Gasteiger partial charge in [-0.3, -0.25) is 4.68 Å². The molecule has 0 amide bonds. The monoisotopic (exact) mass is 245 g/mol. The Morgan fingerprint density at radius 1 is 1.33 bits per heavy atom. The molecule has 2 aromatic rings. The summed E-state index contributed by atoms with van der Waals surface area (Å²) in [5, 5.41) is 4.07. The number of hydrogen-bond acceptors (Lipinski definition) is 4. The van der Waals surface area contributed by atoms with Gasteiger partial charge in [-0.05, 0) is 26.0 Å². The van der Waals surface area contributed by atoms with Gasteiger partial charge in [0.15, 0.2) is 5.69 Å². The lowest BCUT2D eigenvalue weighted by atomic mass is 10.3. The van der Waals surface area contributed by atoms with Gasteiger partial charge in [0.1, 0.15) is 5.75 Å². The maximum atomic E-state index is 12.1. The van der Waals surface area contributed by atoms with E-state index in [4.69, 9.17) is 10.5 Å². The standard InChI is InChI=1S/C13H15N3O2/c1-9(2)16-12(11(14)8-15-16)13(17)18-10-6-4-3-5-7-10/h3-9H,14H2,1-2H3. The predicted octanol–water partition coefficient (Wildman–Crippen LogP) is 2.27. The minimum absolute atomic E-state index is 0.0422. The molecular weight excluding hydrogens is 230 g/mol. The molecule has 0 aliphatic rings. The zero-order valence-electron chi connectivity index (χ0n) is 10.3. The van der Waals surface area contributed by atoms with Crippen molar-refractivity contribution in [2.45, 2.75) is 19.9 Å². The second kappa shape index (κ2) is 4.91. The number of aromatic nitrogens is 2. The van der Waals surface area contributed by atoms with Crippen LogP contribution in [0.1, 0.15) is 30.4 Å². The van der Waals surface area contributed by atoms with Crippen LogP contribution in [-0.2, 0) is 0 Å². The summed E-state index contributed by atoms with van der Waals surface area (Å²) in [5.41, 5.74) is 6.36. The van der Waals surface area contributed by atoms with E-state index in [0.29, 0.717) is 11.4 Å².